The zero-order chi connectivity index (χ0) is 14.9. The fourth-order valence-corrected chi connectivity index (χ4v) is 2.30. The van der Waals surface area contributed by atoms with Gasteiger partial charge in [-0.3, -0.25) is 4.68 Å². The van der Waals surface area contributed by atoms with Gasteiger partial charge in [0.05, 0.1) is 10.5 Å². The maximum absolute atomic E-state index is 13.9. The summed E-state index contributed by atoms with van der Waals surface area (Å²) in [5.41, 5.74) is -0.829. The third-order valence-corrected chi connectivity index (χ3v) is 3.72. The number of nitrogens with zero attached hydrogens (tertiary/aromatic N) is 2. The van der Waals surface area contributed by atoms with Crippen LogP contribution in [0.5, 0.6) is 0 Å². The highest BCUT2D eigenvalue weighted by molar-refractivity contribution is 7.98. The molecule has 0 bridgehead atoms. The number of aldehydes is 1. The Balaban J connectivity index is 2.66. The Morgan fingerprint density at radius 1 is 1.30 bits per heavy atom. The second-order valence-electron chi connectivity index (χ2n) is 4.86. The number of aromatic nitrogens is 2. The van der Waals surface area contributed by atoms with Crippen molar-refractivity contribution < 1.29 is 13.6 Å². The number of thioether (sulfide) groups is 1. The first-order valence-electron chi connectivity index (χ1n) is 5.95. The van der Waals surface area contributed by atoms with E-state index in [0.29, 0.717) is 4.90 Å². The summed E-state index contributed by atoms with van der Waals surface area (Å²) in [5, 5.41) is 4.20. The van der Waals surface area contributed by atoms with Crippen molar-refractivity contribution in [3.8, 4) is 11.3 Å². The largest absolute Gasteiger partial charge is 0.301 e. The summed E-state index contributed by atoms with van der Waals surface area (Å²) in [6.07, 6.45) is 4.16. The zero-order valence-electron chi connectivity index (χ0n) is 11.4. The number of carbonyl (C=O) groups is 1. The van der Waals surface area contributed by atoms with Crippen molar-refractivity contribution in [2.75, 3.05) is 6.26 Å². The molecule has 1 aromatic heterocycles. The van der Waals surface area contributed by atoms with Crippen LogP contribution in [0.2, 0.25) is 0 Å². The summed E-state index contributed by atoms with van der Waals surface area (Å²) >= 11 is 1.32. The van der Waals surface area contributed by atoms with Gasteiger partial charge in [0.2, 0.25) is 0 Å². The molecule has 6 heteroatoms. The predicted molar refractivity (Wildman–Crippen MR) is 74.7 cm³/mol. The van der Waals surface area contributed by atoms with E-state index < -0.39 is 17.2 Å². The molecule has 2 rings (SSSR count). The lowest BCUT2D eigenvalue weighted by Crippen LogP contribution is -2.28. The molecule has 0 saturated carbocycles. The lowest BCUT2D eigenvalue weighted by Gasteiger charge is -2.17. The third kappa shape index (κ3) is 2.47. The molecular formula is C14H14F2N2OS. The molecule has 1 aromatic carbocycles. The molecule has 0 radical (unpaired) electrons. The maximum atomic E-state index is 13.9. The van der Waals surface area contributed by atoms with Gasteiger partial charge in [0.15, 0.2) is 0 Å². The van der Waals surface area contributed by atoms with Crippen LogP contribution in [0.4, 0.5) is 8.78 Å². The fourth-order valence-electron chi connectivity index (χ4n) is 1.75. The Bertz CT molecular complexity index is 632. The van der Waals surface area contributed by atoms with E-state index in [1.807, 2.05) is 0 Å². The number of hydrogen-bond donors (Lipinski definition) is 0. The second kappa shape index (κ2) is 5.36. The maximum Gasteiger partial charge on any atom is 0.147 e. The van der Waals surface area contributed by atoms with E-state index in [2.05, 4.69) is 5.10 Å². The van der Waals surface area contributed by atoms with Crippen LogP contribution in [0.1, 0.15) is 13.8 Å². The molecule has 0 saturated heterocycles. The molecule has 106 valence electrons. The standard InChI is InChI=1S/C14H14F2N2OS/c1-14(2,8-19)18-7-11(20-3)13(17-18)12-9(15)5-4-6-10(12)16/h4-8H,1-3H3. The van der Waals surface area contributed by atoms with Crippen LogP contribution < -0.4 is 0 Å². The number of carbonyl (C=O) groups excluding carboxylic acids is 1. The summed E-state index contributed by atoms with van der Waals surface area (Å²) in [6.45, 7) is 3.36. The van der Waals surface area contributed by atoms with E-state index in [1.165, 1.54) is 34.6 Å². The topological polar surface area (TPSA) is 34.9 Å². The Morgan fingerprint density at radius 2 is 1.90 bits per heavy atom. The third-order valence-electron chi connectivity index (χ3n) is 2.98. The van der Waals surface area contributed by atoms with Gasteiger partial charge >= 0.3 is 0 Å². The molecular weight excluding hydrogens is 282 g/mol. The highest BCUT2D eigenvalue weighted by Crippen LogP contribution is 2.33. The van der Waals surface area contributed by atoms with Gasteiger partial charge in [0.1, 0.15) is 29.2 Å². The van der Waals surface area contributed by atoms with Crippen molar-refractivity contribution in [2.24, 2.45) is 0 Å². The molecule has 20 heavy (non-hydrogen) atoms. The molecule has 0 aliphatic carbocycles. The normalized spacial score (nSPS) is 11.7. The van der Waals surface area contributed by atoms with Crippen molar-refractivity contribution >= 4 is 18.0 Å². The molecule has 0 unspecified atom stereocenters. The monoisotopic (exact) mass is 296 g/mol. The van der Waals surface area contributed by atoms with Crippen molar-refractivity contribution in [1.82, 2.24) is 9.78 Å². The van der Waals surface area contributed by atoms with Crippen LogP contribution >= 0.6 is 11.8 Å². The molecule has 1 heterocycles. The van der Waals surface area contributed by atoms with E-state index in [9.17, 15) is 13.6 Å². The second-order valence-corrected chi connectivity index (χ2v) is 5.71. The van der Waals surface area contributed by atoms with E-state index in [-0.39, 0.29) is 11.3 Å². The minimum atomic E-state index is -0.871. The van der Waals surface area contributed by atoms with Crippen molar-refractivity contribution in [1.29, 1.82) is 0 Å². The average molecular weight is 296 g/mol. The molecule has 0 aliphatic rings. The molecule has 0 aliphatic heterocycles. The first kappa shape index (κ1) is 14.7. The van der Waals surface area contributed by atoms with Crippen LogP contribution in [0.3, 0.4) is 0 Å². The number of rotatable bonds is 4. The molecule has 2 aromatic rings. The molecule has 0 N–H and O–H groups in total. The summed E-state index contributed by atoms with van der Waals surface area (Å²) in [6, 6.07) is 3.68. The van der Waals surface area contributed by atoms with Crippen LogP contribution in [-0.4, -0.2) is 22.3 Å². The quantitative estimate of drug-likeness (QED) is 0.640. The first-order chi connectivity index (χ1) is 9.40. The van der Waals surface area contributed by atoms with Gasteiger partial charge in [0, 0.05) is 6.20 Å². The van der Waals surface area contributed by atoms with Gasteiger partial charge in [-0.05, 0) is 32.2 Å². The molecule has 0 amide bonds. The zero-order valence-corrected chi connectivity index (χ0v) is 12.2. The van der Waals surface area contributed by atoms with Crippen LogP contribution in [0, 0.1) is 11.6 Å². The summed E-state index contributed by atoms with van der Waals surface area (Å²) in [7, 11) is 0. The van der Waals surface area contributed by atoms with Gasteiger partial charge in [-0.2, -0.15) is 5.10 Å². The minimum absolute atomic E-state index is 0.169. The number of benzene rings is 1. The van der Waals surface area contributed by atoms with Gasteiger partial charge < -0.3 is 4.79 Å². The van der Waals surface area contributed by atoms with Gasteiger partial charge in [-0.25, -0.2) is 8.78 Å². The fraction of sp³-hybridized carbons (Fsp3) is 0.286. The highest BCUT2D eigenvalue weighted by atomic mass is 32.2. The Morgan fingerprint density at radius 3 is 2.40 bits per heavy atom. The Hall–Kier alpha value is -1.69. The van der Waals surface area contributed by atoms with Crippen LogP contribution in [-0.2, 0) is 10.3 Å². The minimum Gasteiger partial charge on any atom is -0.301 e. The van der Waals surface area contributed by atoms with Gasteiger partial charge in [0.25, 0.3) is 0 Å². The Kier molecular flexibility index (Phi) is 3.94. The number of hydrogen-bond acceptors (Lipinski definition) is 3. The molecule has 0 spiro atoms. The highest BCUT2D eigenvalue weighted by Gasteiger charge is 2.25. The van der Waals surface area contributed by atoms with Gasteiger partial charge in [-0.15, -0.1) is 11.8 Å². The van der Waals surface area contributed by atoms with Crippen LogP contribution in [0.15, 0.2) is 29.3 Å². The van der Waals surface area contributed by atoms with E-state index in [0.717, 1.165) is 6.29 Å². The summed E-state index contributed by atoms with van der Waals surface area (Å²) < 4.78 is 29.2. The van der Waals surface area contributed by atoms with E-state index in [4.69, 9.17) is 0 Å². The lowest BCUT2D eigenvalue weighted by atomic mass is 10.1. The Labute approximate surface area is 120 Å². The predicted octanol–water partition coefficient (Wildman–Crippen LogP) is 3.48. The number of halogens is 2. The summed E-state index contributed by atoms with van der Waals surface area (Å²) in [4.78, 5) is 11.7. The van der Waals surface area contributed by atoms with E-state index >= 15 is 0 Å². The molecule has 0 atom stereocenters. The lowest BCUT2D eigenvalue weighted by molar-refractivity contribution is -0.114. The van der Waals surface area contributed by atoms with Gasteiger partial charge in [-0.1, -0.05) is 6.07 Å². The van der Waals surface area contributed by atoms with Crippen molar-refractivity contribution in [3.05, 3.63) is 36.0 Å². The van der Waals surface area contributed by atoms with Crippen LogP contribution in [0.25, 0.3) is 11.3 Å². The smallest absolute Gasteiger partial charge is 0.147 e. The first-order valence-corrected chi connectivity index (χ1v) is 7.18. The summed E-state index contributed by atoms with van der Waals surface area (Å²) in [5.74, 6) is -1.34. The van der Waals surface area contributed by atoms with Crippen molar-refractivity contribution in [2.45, 2.75) is 24.3 Å². The van der Waals surface area contributed by atoms with Crippen molar-refractivity contribution in [3.63, 3.8) is 0 Å². The average Bonchev–Trinajstić information content (AvgIpc) is 2.83. The molecule has 0 fully saturated rings. The SMILES string of the molecule is CSc1cn(C(C)(C)C=O)nc1-c1c(F)cccc1F. The molecule has 3 nitrogen and oxygen atoms in total. The van der Waals surface area contributed by atoms with E-state index in [1.54, 1.807) is 26.3 Å².